The molecule has 2 atom stereocenters. The van der Waals surface area contributed by atoms with Gasteiger partial charge in [-0.25, -0.2) is 4.39 Å². The predicted octanol–water partition coefficient (Wildman–Crippen LogP) is 4.91. The van der Waals surface area contributed by atoms with Gasteiger partial charge in [0.05, 0.1) is 0 Å². The number of hydrogen-bond acceptors (Lipinski definition) is 2. The molecular formula is C28H41FN2O2. The second-order valence-corrected chi connectivity index (χ2v) is 14.0. The lowest BCUT2D eigenvalue weighted by atomic mass is 9.49. The minimum Gasteiger partial charge on any atom is -0.353 e. The van der Waals surface area contributed by atoms with Crippen molar-refractivity contribution in [3.05, 3.63) is 0 Å². The third kappa shape index (κ3) is 3.57. The van der Waals surface area contributed by atoms with Crippen molar-refractivity contribution in [2.75, 3.05) is 0 Å². The minimum absolute atomic E-state index is 0.143. The maximum Gasteiger partial charge on any atom is 0.226 e. The summed E-state index contributed by atoms with van der Waals surface area (Å²) < 4.78 is 14.8. The summed E-state index contributed by atoms with van der Waals surface area (Å²) in [6, 6.07) is -0.285. The first-order valence-electron chi connectivity index (χ1n) is 14.1. The van der Waals surface area contributed by atoms with Gasteiger partial charge in [0.1, 0.15) is 6.17 Å². The molecule has 0 saturated heterocycles. The number of carbonyl (C=O) groups excluding carboxylic acids is 2. The van der Waals surface area contributed by atoms with Crippen molar-refractivity contribution in [1.29, 1.82) is 0 Å². The molecule has 9 aliphatic rings. The minimum atomic E-state index is -0.943. The predicted molar refractivity (Wildman–Crippen MR) is 124 cm³/mol. The molecular weight excluding hydrogens is 415 g/mol. The van der Waals surface area contributed by atoms with E-state index in [4.69, 9.17) is 0 Å². The lowest BCUT2D eigenvalue weighted by Gasteiger charge is -2.56. The van der Waals surface area contributed by atoms with Crippen LogP contribution in [0.1, 0.15) is 96.3 Å². The zero-order chi connectivity index (χ0) is 22.4. The number of hydrogen-bond donors (Lipinski definition) is 2. The SMILES string of the molecule is O=C(NC1CC(F)CC(NC(=O)C23CC4CC(CC(C4)C2)C3)C1)C12CC3CC(CC(C3)C1)C2. The van der Waals surface area contributed by atoms with Crippen LogP contribution in [0.15, 0.2) is 0 Å². The zero-order valence-electron chi connectivity index (χ0n) is 20.0. The number of amides is 2. The van der Waals surface area contributed by atoms with E-state index in [0.29, 0.717) is 19.3 Å². The van der Waals surface area contributed by atoms with E-state index in [0.717, 1.165) is 74.0 Å². The summed E-state index contributed by atoms with van der Waals surface area (Å²) in [5, 5.41) is 6.63. The van der Waals surface area contributed by atoms with Crippen LogP contribution in [0.2, 0.25) is 0 Å². The normalized spacial score (nSPS) is 53.8. The van der Waals surface area contributed by atoms with E-state index in [1.165, 1.54) is 38.5 Å². The first-order chi connectivity index (χ1) is 15.9. The average Bonchev–Trinajstić information content (AvgIpc) is 2.71. The Morgan fingerprint density at radius 1 is 0.515 bits per heavy atom. The summed E-state index contributed by atoms with van der Waals surface area (Å²) in [7, 11) is 0. The highest BCUT2D eigenvalue weighted by molar-refractivity contribution is 5.84. The van der Waals surface area contributed by atoms with Crippen LogP contribution >= 0.6 is 0 Å². The van der Waals surface area contributed by atoms with Gasteiger partial charge in [-0.05, 0) is 132 Å². The van der Waals surface area contributed by atoms with E-state index in [1.807, 2.05) is 0 Å². The third-order valence-electron chi connectivity index (χ3n) is 11.4. The highest BCUT2D eigenvalue weighted by Gasteiger charge is 2.56. The second kappa shape index (κ2) is 7.43. The Morgan fingerprint density at radius 2 is 0.818 bits per heavy atom. The van der Waals surface area contributed by atoms with Gasteiger partial charge in [0.25, 0.3) is 0 Å². The van der Waals surface area contributed by atoms with E-state index >= 15 is 0 Å². The number of nitrogens with one attached hydrogen (secondary N) is 2. The Kier molecular flexibility index (Phi) is 4.77. The third-order valence-corrected chi connectivity index (χ3v) is 11.4. The van der Waals surface area contributed by atoms with E-state index in [9.17, 15) is 14.0 Å². The van der Waals surface area contributed by atoms with Crippen molar-refractivity contribution in [3.8, 4) is 0 Å². The average molecular weight is 457 g/mol. The molecule has 0 heterocycles. The molecule has 182 valence electrons. The molecule has 0 aromatic heterocycles. The van der Waals surface area contributed by atoms with Gasteiger partial charge in [0.15, 0.2) is 0 Å². The molecule has 0 aromatic carbocycles. The van der Waals surface area contributed by atoms with Crippen molar-refractivity contribution >= 4 is 11.8 Å². The zero-order valence-corrected chi connectivity index (χ0v) is 20.0. The van der Waals surface area contributed by atoms with Gasteiger partial charge in [0.2, 0.25) is 11.8 Å². The smallest absolute Gasteiger partial charge is 0.226 e. The molecule has 33 heavy (non-hydrogen) atoms. The highest BCUT2D eigenvalue weighted by atomic mass is 19.1. The van der Waals surface area contributed by atoms with Crippen LogP contribution in [0.5, 0.6) is 0 Å². The Hall–Kier alpha value is -1.13. The maximum absolute atomic E-state index is 14.8. The molecule has 5 heteroatoms. The first kappa shape index (κ1) is 21.2. The summed E-state index contributed by atoms with van der Waals surface area (Å²) in [5.74, 6) is 4.79. The Labute approximate surface area is 197 Å². The molecule has 9 fully saturated rings. The molecule has 9 rings (SSSR count). The van der Waals surface area contributed by atoms with Crippen LogP contribution < -0.4 is 10.6 Å². The topological polar surface area (TPSA) is 58.2 Å². The van der Waals surface area contributed by atoms with Gasteiger partial charge in [-0.2, -0.15) is 0 Å². The molecule has 9 aliphatic carbocycles. The number of halogens is 1. The van der Waals surface area contributed by atoms with Gasteiger partial charge in [0, 0.05) is 22.9 Å². The quantitative estimate of drug-likeness (QED) is 0.631. The highest BCUT2D eigenvalue weighted by Crippen LogP contribution is 2.61. The molecule has 0 radical (unpaired) electrons. The summed E-state index contributed by atoms with van der Waals surface area (Å²) in [5.41, 5.74) is -0.369. The lowest BCUT2D eigenvalue weighted by Crippen LogP contribution is -2.58. The maximum atomic E-state index is 14.8. The van der Waals surface area contributed by atoms with E-state index in [2.05, 4.69) is 10.6 Å². The van der Waals surface area contributed by atoms with E-state index in [-0.39, 0.29) is 34.7 Å². The van der Waals surface area contributed by atoms with Crippen molar-refractivity contribution in [2.45, 2.75) is 115 Å². The summed E-state index contributed by atoms with van der Waals surface area (Å²) >= 11 is 0. The van der Waals surface area contributed by atoms with Gasteiger partial charge in [-0.3, -0.25) is 9.59 Å². The molecule has 2 unspecified atom stereocenters. The fourth-order valence-corrected chi connectivity index (χ4v) is 10.9. The van der Waals surface area contributed by atoms with Crippen molar-refractivity contribution in [2.24, 2.45) is 46.3 Å². The summed E-state index contributed by atoms with van der Waals surface area (Å²) in [6.07, 6.45) is 14.7. The van der Waals surface area contributed by atoms with E-state index in [1.54, 1.807) is 0 Å². The first-order valence-corrected chi connectivity index (χ1v) is 14.1. The van der Waals surface area contributed by atoms with Gasteiger partial charge in [-0.1, -0.05) is 0 Å². The van der Waals surface area contributed by atoms with Gasteiger partial charge < -0.3 is 10.6 Å². The van der Waals surface area contributed by atoms with E-state index < -0.39 is 6.17 Å². The van der Waals surface area contributed by atoms with Crippen LogP contribution in [-0.2, 0) is 9.59 Å². The molecule has 2 N–H and O–H groups in total. The monoisotopic (exact) mass is 456 g/mol. The Morgan fingerprint density at radius 3 is 1.12 bits per heavy atom. The van der Waals surface area contributed by atoms with Crippen LogP contribution in [0.3, 0.4) is 0 Å². The summed E-state index contributed by atoms with van der Waals surface area (Å²) in [6.45, 7) is 0. The molecule has 9 saturated carbocycles. The summed E-state index contributed by atoms with van der Waals surface area (Å²) in [4.78, 5) is 27.0. The molecule has 4 nitrogen and oxygen atoms in total. The fourth-order valence-electron chi connectivity index (χ4n) is 10.9. The van der Waals surface area contributed by atoms with Crippen molar-refractivity contribution < 1.29 is 14.0 Å². The fraction of sp³-hybridized carbons (Fsp3) is 0.929. The van der Waals surface area contributed by atoms with Crippen LogP contribution in [0.4, 0.5) is 4.39 Å². The van der Waals surface area contributed by atoms with Crippen LogP contribution in [0, 0.1) is 46.3 Å². The molecule has 0 spiro atoms. The molecule has 2 amide bonds. The largest absolute Gasteiger partial charge is 0.353 e. The van der Waals surface area contributed by atoms with Crippen LogP contribution in [-0.4, -0.2) is 30.1 Å². The van der Waals surface area contributed by atoms with Gasteiger partial charge >= 0.3 is 0 Å². The second-order valence-electron chi connectivity index (χ2n) is 14.0. The van der Waals surface area contributed by atoms with Gasteiger partial charge in [-0.15, -0.1) is 0 Å². The molecule has 8 bridgehead atoms. The Balaban J connectivity index is 1.01. The molecule has 0 aliphatic heterocycles. The number of alkyl halides is 1. The van der Waals surface area contributed by atoms with Crippen LogP contribution in [0.25, 0.3) is 0 Å². The van der Waals surface area contributed by atoms with Crippen molar-refractivity contribution in [1.82, 2.24) is 10.6 Å². The Bertz CT molecular complexity index is 703. The lowest BCUT2D eigenvalue weighted by molar-refractivity contribution is -0.148. The standard InChI is InChI=1S/C28H41FN2O2/c29-22-7-23(30-25(32)27-10-16-1-17(11-27)3-18(2-16)12-27)9-24(8-22)31-26(33)28-13-19-4-20(14-28)6-21(5-19)15-28/h16-24H,1-15H2,(H,30,32)(H,31,33). The van der Waals surface area contributed by atoms with Crippen molar-refractivity contribution in [3.63, 3.8) is 0 Å². The number of rotatable bonds is 4. The molecule has 0 aromatic rings. The number of carbonyl (C=O) groups is 2.